The molecular weight excluding hydrogens is 386 g/mol. The summed E-state index contributed by atoms with van der Waals surface area (Å²) in [7, 11) is 0. The summed E-state index contributed by atoms with van der Waals surface area (Å²) in [5.74, 6) is -1.45. The number of nitrogens with zero attached hydrogens (tertiary/aromatic N) is 1. The van der Waals surface area contributed by atoms with E-state index < -0.39 is 28.5 Å². The molecule has 120 valence electrons. The van der Waals surface area contributed by atoms with Gasteiger partial charge in [0.05, 0.1) is 5.69 Å². The van der Waals surface area contributed by atoms with Crippen LogP contribution in [0.1, 0.15) is 19.4 Å². The Morgan fingerprint density at radius 1 is 1.32 bits per heavy atom. The van der Waals surface area contributed by atoms with Crippen LogP contribution in [0.2, 0.25) is 0 Å². The number of benzene rings is 1. The lowest BCUT2D eigenvalue weighted by Crippen LogP contribution is -2.34. The topological polar surface area (TPSA) is 20.3 Å². The minimum Gasteiger partial charge on any atom is -0.274 e. The maximum Gasteiger partial charge on any atom is 0.412 e. The summed E-state index contributed by atoms with van der Waals surface area (Å²) in [5, 5.41) is 0. The lowest BCUT2D eigenvalue weighted by molar-refractivity contribution is -0.115. The number of carbonyl (C=O) groups excluding carboxylic acids is 1. The molecule has 0 spiro atoms. The molecule has 0 N–H and O–H groups in total. The molecule has 0 fully saturated rings. The van der Waals surface area contributed by atoms with Crippen molar-refractivity contribution >= 4 is 44.7 Å². The van der Waals surface area contributed by atoms with Crippen LogP contribution in [0.15, 0.2) is 28.3 Å². The number of alkyl halides is 3. The first-order chi connectivity index (χ1) is 9.95. The molecule has 0 saturated carbocycles. The van der Waals surface area contributed by atoms with E-state index in [4.69, 9.17) is 12.2 Å². The van der Waals surface area contributed by atoms with E-state index in [1.54, 1.807) is 6.92 Å². The van der Waals surface area contributed by atoms with Gasteiger partial charge in [-0.05, 0) is 37.6 Å². The van der Waals surface area contributed by atoms with Gasteiger partial charge in [-0.2, -0.15) is 13.2 Å². The van der Waals surface area contributed by atoms with E-state index in [2.05, 4.69) is 15.9 Å². The van der Waals surface area contributed by atoms with Gasteiger partial charge in [-0.25, -0.2) is 4.39 Å². The summed E-state index contributed by atoms with van der Waals surface area (Å²) >= 11 is 8.00. The minimum absolute atomic E-state index is 0.190. The number of carbonyl (C=O) groups is 1. The summed E-state index contributed by atoms with van der Waals surface area (Å²) in [5.41, 5.74) is -0.551. The first-order valence-electron chi connectivity index (χ1n) is 6.01. The fraction of sp³-hybridized carbons (Fsp3) is 0.286. The van der Waals surface area contributed by atoms with Crippen LogP contribution in [0.5, 0.6) is 0 Å². The van der Waals surface area contributed by atoms with Gasteiger partial charge >= 0.3 is 6.18 Å². The van der Waals surface area contributed by atoms with Crippen molar-refractivity contribution in [3.05, 3.63) is 39.6 Å². The van der Waals surface area contributed by atoms with Crippen molar-refractivity contribution in [1.82, 2.24) is 0 Å². The van der Waals surface area contributed by atoms with Crippen LogP contribution >= 0.6 is 28.1 Å². The van der Waals surface area contributed by atoms with E-state index in [1.807, 2.05) is 0 Å². The third-order valence-electron chi connectivity index (χ3n) is 2.79. The van der Waals surface area contributed by atoms with E-state index in [0.717, 1.165) is 24.8 Å². The Morgan fingerprint density at radius 2 is 1.86 bits per heavy atom. The minimum atomic E-state index is -4.57. The van der Waals surface area contributed by atoms with Crippen LogP contribution in [0, 0.1) is 12.7 Å². The Morgan fingerprint density at radius 3 is 2.32 bits per heavy atom. The Hall–Kier alpha value is -1.28. The van der Waals surface area contributed by atoms with Crippen molar-refractivity contribution < 1.29 is 22.4 Å². The van der Waals surface area contributed by atoms with Crippen LogP contribution in [0.25, 0.3) is 0 Å². The highest BCUT2D eigenvalue weighted by Gasteiger charge is 2.31. The Bertz CT molecular complexity index is 655. The summed E-state index contributed by atoms with van der Waals surface area (Å²) in [6.07, 6.45) is -3.94. The molecule has 8 heteroatoms. The number of halogens is 5. The zero-order valence-electron chi connectivity index (χ0n) is 11.9. The van der Waals surface area contributed by atoms with E-state index in [9.17, 15) is 22.4 Å². The van der Waals surface area contributed by atoms with Crippen molar-refractivity contribution in [3.63, 3.8) is 0 Å². The summed E-state index contributed by atoms with van der Waals surface area (Å²) in [6, 6.07) is 2.47. The maximum atomic E-state index is 14.0. The van der Waals surface area contributed by atoms with Gasteiger partial charge in [0.15, 0.2) is 0 Å². The Kier molecular flexibility index (Phi) is 5.86. The van der Waals surface area contributed by atoms with Gasteiger partial charge in [-0.3, -0.25) is 9.69 Å². The smallest absolute Gasteiger partial charge is 0.274 e. The lowest BCUT2D eigenvalue weighted by atomic mass is 10.2. The standard InChI is InChI=1S/C14H12BrF4NOS/c1-7-4-12(11(16)6-10(7)15)20(9(3)21)13(22)5-8(2)14(17,18)19/h4-6H,1-3H3/b8-5+. The van der Waals surface area contributed by atoms with Gasteiger partial charge in [0, 0.05) is 17.0 Å². The summed E-state index contributed by atoms with van der Waals surface area (Å²) < 4.78 is 52.2. The first-order valence-corrected chi connectivity index (χ1v) is 7.21. The number of amides is 1. The number of rotatable bonds is 2. The predicted molar refractivity (Wildman–Crippen MR) is 84.4 cm³/mol. The summed E-state index contributed by atoms with van der Waals surface area (Å²) in [6.45, 7) is 3.58. The van der Waals surface area contributed by atoms with Crippen LogP contribution in [0.4, 0.5) is 23.2 Å². The zero-order valence-corrected chi connectivity index (χ0v) is 14.3. The number of allylic oxidation sites excluding steroid dienone is 1. The van der Waals surface area contributed by atoms with E-state index in [-0.39, 0.29) is 5.69 Å². The van der Waals surface area contributed by atoms with E-state index in [0.29, 0.717) is 16.1 Å². The highest BCUT2D eigenvalue weighted by Crippen LogP contribution is 2.29. The van der Waals surface area contributed by atoms with Crippen molar-refractivity contribution in [3.8, 4) is 0 Å². The average molecular weight is 398 g/mol. The molecule has 1 amide bonds. The molecule has 0 atom stereocenters. The Balaban J connectivity index is 3.35. The fourth-order valence-corrected chi connectivity index (χ4v) is 2.31. The molecule has 0 radical (unpaired) electrons. The second-order valence-electron chi connectivity index (χ2n) is 4.57. The molecule has 0 aromatic heterocycles. The number of hydrogen-bond acceptors (Lipinski definition) is 2. The van der Waals surface area contributed by atoms with Crippen molar-refractivity contribution in [2.45, 2.75) is 26.9 Å². The third-order valence-corrected chi connectivity index (χ3v) is 3.95. The third kappa shape index (κ3) is 4.36. The van der Waals surface area contributed by atoms with Crippen molar-refractivity contribution in [2.75, 3.05) is 4.90 Å². The number of hydrogen-bond donors (Lipinski definition) is 0. The SMILES string of the molecule is CC(=O)N(C(=S)/C=C(\C)C(F)(F)F)c1cc(C)c(Br)cc1F. The highest BCUT2D eigenvalue weighted by molar-refractivity contribution is 9.10. The molecule has 22 heavy (non-hydrogen) atoms. The molecule has 1 rings (SSSR count). The second-order valence-corrected chi connectivity index (χ2v) is 5.84. The molecule has 0 aliphatic heterocycles. The van der Waals surface area contributed by atoms with Crippen LogP contribution in [0.3, 0.4) is 0 Å². The largest absolute Gasteiger partial charge is 0.412 e. The van der Waals surface area contributed by atoms with Gasteiger partial charge in [-0.1, -0.05) is 28.1 Å². The quantitative estimate of drug-likeness (QED) is 0.393. The normalized spacial score (nSPS) is 12.3. The van der Waals surface area contributed by atoms with E-state index in [1.165, 1.54) is 6.07 Å². The van der Waals surface area contributed by atoms with Gasteiger partial charge < -0.3 is 0 Å². The molecular formula is C14H12BrF4NOS. The molecule has 0 saturated heterocycles. The molecule has 0 unspecified atom stereocenters. The monoisotopic (exact) mass is 397 g/mol. The molecule has 0 aliphatic rings. The van der Waals surface area contributed by atoms with Crippen molar-refractivity contribution in [2.24, 2.45) is 0 Å². The zero-order chi connectivity index (χ0) is 17.2. The molecule has 2 nitrogen and oxygen atoms in total. The van der Waals surface area contributed by atoms with Gasteiger partial charge in [0.2, 0.25) is 5.91 Å². The maximum absolute atomic E-state index is 14.0. The van der Waals surface area contributed by atoms with Crippen molar-refractivity contribution in [1.29, 1.82) is 0 Å². The first kappa shape index (κ1) is 18.8. The molecule has 0 aliphatic carbocycles. The van der Waals surface area contributed by atoms with Crippen LogP contribution in [-0.2, 0) is 4.79 Å². The van der Waals surface area contributed by atoms with Crippen LogP contribution in [-0.4, -0.2) is 17.1 Å². The second kappa shape index (κ2) is 6.87. The van der Waals surface area contributed by atoms with Crippen LogP contribution < -0.4 is 4.90 Å². The van der Waals surface area contributed by atoms with Gasteiger partial charge in [-0.15, -0.1) is 0 Å². The van der Waals surface area contributed by atoms with Gasteiger partial charge in [0.1, 0.15) is 10.8 Å². The Labute approximate surface area is 138 Å². The fourth-order valence-electron chi connectivity index (χ4n) is 1.59. The number of thiocarbonyl (C=S) groups is 1. The number of anilines is 1. The lowest BCUT2D eigenvalue weighted by Gasteiger charge is -2.22. The predicted octanol–water partition coefficient (Wildman–Crippen LogP) is 5.09. The molecule has 1 aromatic carbocycles. The highest BCUT2D eigenvalue weighted by atomic mass is 79.9. The average Bonchev–Trinajstić information content (AvgIpc) is 2.34. The van der Waals surface area contributed by atoms with Gasteiger partial charge in [0.25, 0.3) is 0 Å². The molecule has 0 heterocycles. The number of aryl methyl sites for hydroxylation is 1. The molecule has 1 aromatic rings. The van der Waals surface area contributed by atoms with E-state index >= 15 is 0 Å². The molecule has 0 bridgehead atoms. The summed E-state index contributed by atoms with van der Waals surface area (Å²) in [4.78, 5) is 12.0.